The summed E-state index contributed by atoms with van der Waals surface area (Å²) in [5, 5.41) is 38.5. The maximum absolute atomic E-state index is 12.9. The summed E-state index contributed by atoms with van der Waals surface area (Å²) in [7, 11) is -4.70. The maximum atomic E-state index is 12.9. The first-order chi connectivity index (χ1) is 32.9. The molecule has 1 rings (SSSR count). The van der Waals surface area contributed by atoms with Crippen molar-refractivity contribution in [3.05, 3.63) is 0 Å². The van der Waals surface area contributed by atoms with Crippen molar-refractivity contribution < 1.29 is 82.0 Å². The van der Waals surface area contributed by atoms with Gasteiger partial charge in [-0.25, -0.2) is 4.57 Å². The lowest BCUT2D eigenvalue weighted by Gasteiger charge is -2.45. The maximum Gasteiger partial charge on any atom is 0.472 e. The van der Waals surface area contributed by atoms with Crippen molar-refractivity contribution >= 4 is 49.4 Å². The smallest absolute Gasteiger partial charge is 0.472 e. The van der Waals surface area contributed by atoms with Crippen molar-refractivity contribution in [2.75, 3.05) is 72.2 Å². The van der Waals surface area contributed by atoms with Crippen molar-refractivity contribution in [2.24, 2.45) is 0 Å². The third kappa shape index (κ3) is 33.7. The lowest BCUT2D eigenvalue weighted by molar-refractivity contribution is -0.161. The molecule has 21 heteroatoms. The van der Waals surface area contributed by atoms with Crippen molar-refractivity contribution in [2.45, 2.75) is 192 Å². The number of aliphatic carboxylic acids is 4. The molecule has 0 bridgehead atoms. The molecule has 5 N–H and O–H groups in total. The first kappa shape index (κ1) is 63.5. The van der Waals surface area contributed by atoms with Crippen molar-refractivity contribution in [3.8, 4) is 0 Å². The molecule has 0 spiro atoms. The van der Waals surface area contributed by atoms with E-state index in [0.29, 0.717) is 12.8 Å². The molecule has 1 saturated heterocycles. The number of ether oxygens (including phenoxy) is 2. The van der Waals surface area contributed by atoms with Crippen LogP contribution in [-0.4, -0.2) is 165 Å². The summed E-state index contributed by atoms with van der Waals surface area (Å²) < 4.78 is 34.0. The van der Waals surface area contributed by atoms with Gasteiger partial charge in [-0.05, 0) is 32.1 Å². The fraction of sp³-hybridized carbons (Fsp3) is 0.854. The summed E-state index contributed by atoms with van der Waals surface area (Å²) in [6.07, 6.45) is 19.2. The predicted octanol–water partition coefficient (Wildman–Crippen LogP) is 7.32. The van der Waals surface area contributed by atoms with Crippen LogP contribution in [0.5, 0.6) is 0 Å². The molecule has 1 fully saturated rings. The summed E-state index contributed by atoms with van der Waals surface area (Å²) >= 11 is 0. The van der Waals surface area contributed by atoms with E-state index in [9.17, 15) is 63.4 Å². The molecule has 0 aromatic heterocycles. The number of Topliss-reactive ketones (excluding diaryl/α,β-unsaturated/α-hetero) is 1. The summed E-state index contributed by atoms with van der Waals surface area (Å²) in [5.74, 6) is -6.23. The number of hydrogen-bond acceptors (Lipinski definition) is 15. The van der Waals surface area contributed by atoms with Crippen LogP contribution in [0.25, 0.3) is 0 Å². The minimum absolute atomic E-state index is 0.0396. The highest BCUT2D eigenvalue weighted by Crippen LogP contribution is 2.43. The number of phosphoric acid groups is 1. The Labute approximate surface area is 409 Å². The van der Waals surface area contributed by atoms with Gasteiger partial charge in [0.25, 0.3) is 0 Å². The predicted molar refractivity (Wildman–Crippen MR) is 257 cm³/mol. The molecule has 2 unspecified atom stereocenters. The molecule has 0 saturated carbocycles. The third-order valence-electron chi connectivity index (χ3n) is 12.1. The van der Waals surface area contributed by atoms with Crippen LogP contribution in [0.15, 0.2) is 0 Å². The Morgan fingerprint density at radius 3 is 1.45 bits per heavy atom. The Kier molecular flexibility index (Phi) is 35.1. The van der Waals surface area contributed by atoms with Crippen LogP contribution < -0.4 is 0 Å². The number of carboxylic acids is 4. The van der Waals surface area contributed by atoms with Crippen molar-refractivity contribution in [1.29, 1.82) is 0 Å². The molecule has 1 heterocycles. The van der Waals surface area contributed by atoms with E-state index in [1.165, 1.54) is 72.5 Å². The van der Waals surface area contributed by atoms with Gasteiger partial charge in [-0.3, -0.25) is 57.3 Å². The minimum Gasteiger partial charge on any atom is -0.480 e. The van der Waals surface area contributed by atoms with Gasteiger partial charge in [0.15, 0.2) is 6.10 Å². The number of hydrogen-bond donors (Lipinski definition) is 5. The van der Waals surface area contributed by atoms with Crippen LogP contribution in [0.2, 0.25) is 0 Å². The topological polar surface area (TPSA) is 284 Å². The van der Waals surface area contributed by atoms with Gasteiger partial charge in [0.1, 0.15) is 12.4 Å². The summed E-state index contributed by atoms with van der Waals surface area (Å²) in [6, 6.07) is 0. The molecule has 2 atom stereocenters. The van der Waals surface area contributed by atoms with Crippen LogP contribution in [0.1, 0.15) is 181 Å². The normalized spacial score (nSPS) is 15.5. The number of phosphoric ester groups is 1. The molecule has 400 valence electrons. The van der Waals surface area contributed by atoms with Crippen molar-refractivity contribution in [3.63, 3.8) is 0 Å². The highest BCUT2D eigenvalue weighted by Gasteiger charge is 2.43. The Hall–Kier alpha value is -3.52. The number of unbranched alkanes of at least 4 members (excludes halogenated alkanes) is 17. The highest BCUT2D eigenvalue weighted by molar-refractivity contribution is 7.47. The second-order valence-corrected chi connectivity index (χ2v) is 19.9. The van der Waals surface area contributed by atoms with Crippen molar-refractivity contribution in [1.82, 2.24) is 14.7 Å². The second-order valence-electron chi connectivity index (χ2n) is 18.5. The van der Waals surface area contributed by atoms with Crippen LogP contribution in [0.3, 0.4) is 0 Å². The number of carboxylic acid groups (broad SMARTS) is 4. The van der Waals surface area contributed by atoms with E-state index >= 15 is 0 Å². The number of ketones is 1. The first-order valence-corrected chi connectivity index (χ1v) is 26.9. The molecule has 0 radical (unpaired) electrons. The molecule has 0 amide bonds. The SMILES string of the molecule is CCCCCCCCCCCC(=O)OCC(COP(=O)(O)OCCCC(=O)CCCCC1(N(CC(=O)O)CC(=O)O)CN(CC(=O)O)CCN(CC(=O)O)C1)OC(=O)CCCCCCCCCCC. The lowest BCUT2D eigenvalue weighted by atomic mass is 9.88. The highest BCUT2D eigenvalue weighted by atomic mass is 31.2. The van der Waals surface area contributed by atoms with Gasteiger partial charge in [-0.15, -0.1) is 0 Å². The van der Waals surface area contributed by atoms with Gasteiger partial charge >= 0.3 is 43.6 Å². The van der Waals surface area contributed by atoms with E-state index in [1.54, 1.807) is 0 Å². The zero-order valence-corrected chi connectivity index (χ0v) is 42.6. The molecule has 69 heavy (non-hydrogen) atoms. The fourth-order valence-corrected chi connectivity index (χ4v) is 9.34. The van der Waals surface area contributed by atoms with Crippen LogP contribution in [0, 0.1) is 0 Å². The minimum atomic E-state index is -4.70. The number of rotatable bonds is 45. The van der Waals surface area contributed by atoms with Gasteiger partial charge in [-0.2, -0.15) is 0 Å². The number of carbonyl (C=O) groups is 7. The third-order valence-corrected chi connectivity index (χ3v) is 13.1. The summed E-state index contributed by atoms with van der Waals surface area (Å²) in [6.45, 7) is 0.954. The Bertz CT molecular complexity index is 1510. The second kappa shape index (κ2) is 38.2. The molecule has 0 aromatic carbocycles. The monoisotopic (exact) mass is 1010 g/mol. The van der Waals surface area contributed by atoms with E-state index in [4.69, 9.17) is 18.5 Å². The average molecular weight is 1010 g/mol. The van der Waals surface area contributed by atoms with E-state index in [1.807, 2.05) is 0 Å². The van der Waals surface area contributed by atoms with Crippen LogP contribution in [0.4, 0.5) is 0 Å². The van der Waals surface area contributed by atoms with Gasteiger partial charge in [0.2, 0.25) is 0 Å². The Morgan fingerprint density at radius 2 is 0.986 bits per heavy atom. The Balaban J connectivity index is 2.76. The lowest BCUT2D eigenvalue weighted by Crippen LogP contribution is -2.62. The number of esters is 2. The zero-order chi connectivity index (χ0) is 51.3. The quantitative estimate of drug-likeness (QED) is 0.0227. The van der Waals surface area contributed by atoms with Gasteiger partial charge < -0.3 is 34.8 Å². The van der Waals surface area contributed by atoms with Gasteiger partial charge in [0, 0.05) is 57.4 Å². The average Bonchev–Trinajstić information content (AvgIpc) is 3.44. The molecular weight excluding hydrogens is 922 g/mol. The number of carbonyl (C=O) groups excluding carboxylic acids is 3. The molecular formula is C48H86N3O17P. The Morgan fingerprint density at radius 1 is 0.551 bits per heavy atom. The fourth-order valence-electron chi connectivity index (χ4n) is 8.55. The van der Waals surface area contributed by atoms with Crippen LogP contribution in [-0.2, 0) is 56.6 Å². The zero-order valence-electron chi connectivity index (χ0n) is 41.7. The van der Waals surface area contributed by atoms with Crippen LogP contribution >= 0.6 is 7.82 Å². The number of nitrogens with zero attached hydrogens (tertiary/aromatic N) is 3. The van der Waals surface area contributed by atoms with E-state index in [2.05, 4.69) is 13.8 Å². The molecule has 1 aliphatic rings. The van der Waals surface area contributed by atoms with Gasteiger partial charge in [0.05, 0.1) is 39.4 Å². The molecule has 0 aromatic rings. The standard InChI is InChI=1S/C48H86N3O17P/c1-3-5-7-9-11-13-15-17-19-26-46(61)65-36-41(68-47(62)27-20-18-16-14-12-10-8-6-4-2)37-67-69(63,64)66-31-23-25-40(52)24-21-22-28-48(51(34-44(57)58)35-45(59)60)38-49(32-42(53)54)29-30-50(39-48)33-43(55)56/h41H,3-39H2,1-2H3,(H,53,54)(H,55,56)(H,57,58)(H,59,60)(H,63,64). The molecule has 1 aliphatic heterocycles. The van der Waals surface area contributed by atoms with E-state index in [-0.39, 0.29) is 96.5 Å². The van der Waals surface area contributed by atoms with E-state index in [0.717, 1.165) is 44.9 Å². The van der Waals surface area contributed by atoms with Gasteiger partial charge in [-0.1, -0.05) is 123 Å². The molecule has 0 aliphatic carbocycles. The summed E-state index contributed by atoms with van der Waals surface area (Å²) in [5.41, 5.74) is -1.30. The van der Waals surface area contributed by atoms with E-state index < -0.39 is 88.1 Å². The first-order valence-electron chi connectivity index (χ1n) is 25.5. The largest absolute Gasteiger partial charge is 0.480 e. The molecule has 20 nitrogen and oxygen atoms in total. The summed E-state index contributed by atoms with van der Waals surface area (Å²) in [4.78, 5) is 100.